The fourth-order valence-electron chi connectivity index (χ4n) is 0.981. The van der Waals surface area contributed by atoms with Crippen molar-refractivity contribution in [2.45, 2.75) is 25.8 Å². The number of nitrogens with two attached hydrogens (primary N) is 1. The summed E-state index contributed by atoms with van der Waals surface area (Å²) >= 11 is 1.67. The third-order valence-electron chi connectivity index (χ3n) is 1.92. The number of carbonyl (C=O) groups excluding carboxylic acids is 1. The summed E-state index contributed by atoms with van der Waals surface area (Å²) in [6.07, 6.45) is 1.40. The molecular formula is C10H15NO2S. The molecule has 4 heteroatoms. The molecule has 0 bridgehead atoms. The molecule has 1 atom stereocenters. The minimum absolute atomic E-state index is 0.302. The lowest BCUT2D eigenvalue weighted by atomic mass is 10.2. The Morgan fingerprint density at radius 3 is 3.07 bits per heavy atom. The van der Waals surface area contributed by atoms with Crippen LogP contribution in [0, 0.1) is 0 Å². The van der Waals surface area contributed by atoms with Crippen LogP contribution in [0.3, 0.4) is 0 Å². The van der Waals surface area contributed by atoms with Gasteiger partial charge in [-0.15, -0.1) is 11.3 Å². The molecule has 1 aromatic rings. The van der Waals surface area contributed by atoms with Crippen LogP contribution in [0.1, 0.15) is 18.2 Å². The molecule has 2 N–H and O–H groups in total. The second kappa shape index (κ2) is 5.78. The predicted octanol–water partition coefficient (Wildman–Crippen LogP) is 1.57. The predicted molar refractivity (Wildman–Crippen MR) is 57.2 cm³/mol. The normalized spacial score (nSPS) is 12.4. The molecule has 0 spiro atoms. The van der Waals surface area contributed by atoms with Gasteiger partial charge in [-0.1, -0.05) is 13.0 Å². The highest BCUT2D eigenvalue weighted by atomic mass is 32.1. The highest BCUT2D eigenvalue weighted by Crippen LogP contribution is 2.09. The van der Waals surface area contributed by atoms with Gasteiger partial charge in [0.05, 0.1) is 6.61 Å². The van der Waals surface area contributed by atoms with Crippen LogP contribution in [-0.4, -0.2) is 18.6 Å². The fraction of sp³-hybridized carbons (Fsp3) is 0.500. The Balaban J connectivity index is 2.18. The van der Waals surface area contributed by atoms with Gasteiger partial charge in [-0.3, -0.25) is 4.79 Å². The lowest BCUT2D eigenvalue weighted by Gasteiger charge is -2.08. The van der Waals surface area contributed by atoms with E-state index in [1.54, 1.807) is 11.3 Å². The van der Waals surface area contributed by atoms with E-state index >= 15 is 0 Å². The summed E-state index contributed by atoms with van der Waals surface area (Å²) in [6.45, 7) is 2.29. The molecule has 1 heterocycles. The van der Waals surface area contributed by atoms with E-state index in [4.69, 9.17) is 10.5 Å². The van der Waals surface area contributed by atoms with Gasteiger partial charge < -0.3 is 10.5 Å². The van der Waals surface area contributed by atoms with Crippen molar-refractivity contribution in [2.24, 2.45) is 5.73 Å². The van der Waals surface area contributed by atoms with Gasteiger partial charge in [0, 0.05) is 11.3 Å². The van der Waals surface area contributed by atoms with Crippen molar-refractivity contribution in [1.29, 1.82) is 0 Å². The Morgan fingerprint density at radius 2 is 2.50 bits per heavy atom. The maximum absolute atomic E-state index is 11.2. The number of esters is 1. The van der Waals surface area contributed by atoms with Gasteiger partial charge in [0.1, 0.15) is 6.04 Å². The van der Waals surface area contributed by atoms with E-state index in [-0.39, 0.29) is 5.97 Å². The Bertz CT molecular complexity index is 272. The van der Waals surface area contributed by atoms with Gasteiger partial charge in [0.25, 0.3) is 0 Å². The third-order valence-corrected chi connectivity index (χ3v) is 2.85. The van der Waals surface area contributed by atoms with E-state index in [0.29, 0.717) is 13.0 Å². The van der Waals surface area contributed by atoms with Crippen LogP contribution in [0.15, 0.2) is 17.5 Å². The Kier molecular flexibility index (Phi) is 4.62. The number of thiophene rings is 1. The molecule has 0 saturated carbocycles. The molecule has 78 valence electrons. The van der Waals surface area contributed by atoms with E-state index in [1.807, 2.05) is 24.4 Å². The molecule has 0 aromatic carbocycles. The summed E-state index contributed by atoms with van der Waals surface area (Å²) in [5.41, 5.74) is 5.50. The maximum atomic E-state index is 11.2. The Labute approximate surface area is 87.9 Å². The largest absolute Gasteiger partial charge is 0.464 e. The summed E-state index contributed by atoms with van der Waals surface area (Å²) < 4.78 is 5.01. The average molecular weight is 213 g/mol. The molecule has 0 saturated heterocycles. The van der Waals surface area contributed by atoms with E-state index in [9.17, 15) is 4.79 Å². The minimum atomic E-state index is -0.474. The van der Waals surface area contributed by atoms with Crippen LogP contribution in [0.2, 0.25) is 0 Å². The van der Waals surface area contributed by atoms with Crippen molar-refractivity contribution in [2.75, 3.05) is 6.61 Å². The third kappa shape index (κ3) is 3.47. The van der Waals surface area contributed by atoms with Gasteiger partial charge in [0.2, 0.25) is 0 Å². The van der Waals surface area contributed by atoms with Crippen molar-refractivity contribution in [3.8, 4) is 0 Å². The zero-order valence-electron chi connectivity index (χ0n) is 8.23. The van der Waals surface area contributed by atoms with Crippen molar-refractivity contribution in [3.63, 3.8) is 0 Å². The number of rotatable bonds is 5. The van der Waals surface area contributed by atoms with Crippen LogP contribution < -0.4 is 5.73 Å². The smallest absolute Gasteiger partial charge is 0.322 e. The number of carbonyl (C=O) groups is 1. The van der Waals surface area contributed by atoms with E-state index in [2.05, 4.69) is 0 Å². The first-order valence-electron chi connectivity index (χ1n) is 4.68. The van der Waals surface area contributed by atoms with Crippen LogP contribution in [0.4, 0.5) is 0 Å². The molecule has 0 unspecified atom stereocenters. The monoisotopic (exact) mass is 213 g/mol. The summed E-state index contributed by atoms with van der Waals surface area (Å²) in [4.78, 5) is 12.4. The molecule has 3 nitrogen and oxygen atoms in total. The minimum Gasteiger partial charge on any atom is -0.464 e. The molecule has 0 aliphatic carbocycles. The summed E-state index contributed by atoms with van der Waals surface area (Å²) in [6, 6.07) is 3.54. The zero-order chi connectivity index (χ0) is 10.4. The topological polar surface area (TPSA) is 52.3 Å². The molecular weight excluding hydrogens is 198 g/mol. The van der Waals surface area contributed by atoms with Gasteiger partial charge in [-0.2, -0.15) is 0 Å². The van der Waals surface area contributed by atoms with E-state index in [0.717, 1.165) is 6.42 Å². The summed E-state index contributed by atoms with van der Waals surface area (Å²) in [5, 5.41) is 2.01. The van der Waals surface area contributed by atoms with Crippen LogP contribution in [-0.2, 0) is 16.0 Å². The van der Waals surface area contributed by atoms with Crippen molar-refractivity contribution < 1.29 is 9.53 Å². The van der Waals surface area contributed by atoms with Crippen molar-refractivity contribution in [3.05, 3.63) is 22.4 Å². The van der Waals surface area contributed by atoms with Crippen molar-refractivity contribution >= 4 is 17.3 Å². The van der Waals surface area contributed by atoms with Crippen LogP contribution in [0.5, 0.6) is 0 Å². The van der Waals surface area contributed by atoms with Gasteiger partial charge in [-0.25, -0.2) is 0 Å². The van der Waals surface area contributed by atoms with Crippen molar-refractivity contribution in [1.82, 2.24) is 0 Å². The number of hydrogen-bond donors (Lipinski definition) is 1. The first-order chi connectivity index (χ1) is 6.74. The molecule has 14 heavy (non-hydrogen) atoms. The molecule has 0 amide bonds. The maximum Gasteiger partial charge on any atom is 0.322 e. The average Bonchev–Trinajstić information content (AvgIpc) is 2.69. The fourth-order valence-corrected chi connectivity index (χ4v) is 1.67. The molecule has 0 aliphatic heterocycles. The number of ether oxygens (including phenoxy) is 1. The lowest BCUT2D eigenvalue weighted by molar-refractivity contribution is -0.145. The van der Waals surface area contributed by atoms with Gasteiger partial charge in [-0.05, 0) is 17.9 Å². The molecule has 0 aliphatic rings. The van der Waals surface area contributed by atoms with Gasteiger partial charge >= 0.3 is 5.97 Å². The van der Waals surface area contributed by atoms with E-state index in [1.165, 1.54) is 4.88 Å². The summed E-state index contributed by atoms with van der Waals surface area (Å²) in [5.74, 6) is -0.302. The molecule has 0 radical (unpaired) electrons. The molecule has 1 aromatic heterocycles. The zero-order valence-corrected chi connectivity index (χ0v) is 9.05. The molecule has 1 rings (SSSR count). The molecule has 0 fully saturated rings. The standard InChI is InChI=1S/C10H15NO2S/c1-2-9(11)10(12)13-6-5-8-4-3-7-14-8/h3-4,7,9H,2,5-6,11H2,1H3/t9-/m0/s1. The van der Waals surface area contributed by atoms with Gasteiger partial charge in [0.15, 0.2) is 0 Å². The van der Waals surface area contributed by atoms with Crippen LogP contribution in [0.25, 0.3) is 0 Å². The number of hydrogen-bond acceptors (Lipinski definition) is 4. The lowest BCUT2D eigenvalue weighted by Crippen LogP contribution is -2.31. The first kappa shape index (κ1) is 11.2. The quantitative estimate of drug-likeness (QED) is 0.755. The Morgan fingerprint density at radius 1 is 1.71 bits per heavy atom. The Hall–Kier alpha value is -0.870. The van der Waals surface area contributed by atoms with Crippen LogP contribution >= 0.6 is 11.3 Å². The highest BCUT2D eigenvalue weighted by Gasteiger charge is 2.11. The summed E-state index contributed by atoms with van der Waals surface area (Å²) in [7, 11) is 0. The second-order valence-corrected chi connectivity index (χ2v) is 4.04. The highest BCUT2D eigenvalue weighted by molar-refractivity contribution is 7.09. The SMILES string of the molecule is CC[C@H](N)C(=O)OCCc1cccs1. The second-order valence-electron chi connectivity index (χ2n) is 3.01. The van der Waals surface area contributed by atoms with E-state index < -0.39 is 6.04 Å². The first-order valence-corrected chi connectivity index (χ1v) is 5.56.